The van der Waals surface area contributed by atoms with Crippen LogP contribution in [-0.2, 0) is 19.3 Å². The summed E-state index contributed by atoms with van der Waals surface area (Å²) in [7, 11) is 0. The summed E-state index contributed by atoms with van der Waals surface area (Å²) in [5.41, 5.74) is 18.2. The fourth-order valence-corrected chi connectivity index (χ4v) is 6.38. The SMILES string of the molecule is c1ccc2c(c1)Cc1ccc(Nc3ccc(Cc4ccc(Nc5ccc6c(c5)-c5ccccc5C6)cc4)cc3)cc1-2. The number of rotatable bonds is 6. The van der Waals surface area contributed by atoms with E-state index in [9.17, 15) is 0 Å². The molecule has 2 N–H and O–H groups in total. The van der Waals surface area contributed by atoms with Crippen molar-refractivity contribution in [3.8, 4) is 22.3 Å². The Labute approximate surface area is 241 Å². The minimum Gasteiger partial charge on any atom is -0.356 e. The van der Waals surface area contributed by atoms with Crippen LogP contribution in [0.4, 0.5) is 22.7 Å². The molecule has 6 aromatic carbocycles. The van der Waals surface area contributed by atoms with Gasteiger partial charge in [0.25, 0.3) is 0 Å². The van der Waals surface area contributed by atoms with Crippen molar-refractivity contribution in [3.63, 3.8) is 0 Å². The molecule has 2 aliphatic rings. The van der Waals surface area contributed by atoms with Crippen molar-refractivity contribution >= 4 is 22.7 Å². The number of fused-ring (bicyclic) bond motifs is 6. The van der Waals surface area contributed by atoms with E-state index in [4.69, 9.17) is 0 Å². The molecule has 0 aromatic heterocycles. The average Bonchev–Trinajstić information content (AvgIpc) is 3.57. The highest BCUT2D eigenvalue weighted by Gasteiger charge is 2.19. The van der Waals surface area contributed by atoms with Gasteiger partial charge in [0.15, 0.2) is 0 Å². The first-order valence-corrected chi connectivity index (χ1v) is 14.4. The summed E-state index contributed by atoms with van der Waals surface area (Å²) in [4.78, 5) is 0. The molecular weight excluding hydrogens is 496 g/mol. The van der Waals surface area contributed by atoms with Gasteiger partial charge in [-0.05, 0) is 123 Å². The second kappa shape index (κ2) is 9.83. The molecule has 0 aliphatic heterocycles. The summed E-state index contributed by atoms with van der Waals surface area (Å²) in [6, 6.07) is 48.5. The quantitative estimate of drug-likeness (QED) is 0.225. The molecule has 0 atom stereocenters. The van der Waals surface area contributed by atoms with Crippen molar-refractivity contribution in [1.82, 2.24) is 0 Å². The van der Waals surface area contributed by atoms with E-state index >= 15 is 0 Å². The third-order valence-corrected chi connectivity index (χ3v) is 8.49. The Morgan fingerprint density at radius 2 is 0.756 bits per heavy atom. The first-order chi connectivity index (χ1) is 20.2. The molecule has 2 nitrogen and oxygen atoms in total. The molecule has 0 unspecified atom stereocenters. The smallest absolute Gasteiger partial charge is 0.0390 e. The van der Waals surface area contributed by atoms with Crippen LogP contribution in [0.3, 0.4) is 0 Å². The van der Waals surface area contributed by atoms with E-state index in [1.807, 2.05) is 0 Å². The summed E-state index contributed by atoms with van der Waals surface area (Å²) in [5.74, 6) is 0. The van der Waals surface area contributed by atoms with Crippen LogP contribution in [0, 0.1) is 0 Å². The van der Waals surface area contributed by atoms with Gasteiger partial charge in [0.1, 0.15) is 0 Å². The molecule has 8 rings (SSSR count). The molecule has 0 saturated carbocycles. The molecule has 0 radical (unpaired) electrons. The van der Waals surface area contributed by atoms with Crippen molar-refractivity contribution in [3.05, 3.63) is 167 Å². The molecule has 196 valence electrons. The van der Waals surface area contributed by atoms with E-state index < -0.39 is 0 Å². The Bertz CT molecular complexity index is 1760. The van der Waals surface area contributed by atoms with E-state index in [-0.39, 0.29) is 0 Å². The second-order valence-electron chi connectivity index (χ2n) is 11.2. The number of hydrogen-bond acceptors (Lipinski definition) is 2. The van der Waals surface area contributed by atoms with Gasteiger partial charge in [-0.15, -0.1) is 0 Å². The molecule has 0 heterocycles. The molecule has 2 aliphatic carbocycles. The molecule has 0 saturated heterocycles. The van der Waals surface area contributed by atoms with Crippen LogP contribution in [0.25, 0.3) is 22.3 Å². The third-order valence-electron chi connectivity index (χ3n) is 8.49. The molecular formula is C39H30N2. The first-order valence-electron chi connectivity index (χ1n) is 14.4. The van der Waals surface area contributed by atoms with Crippen LogP contribution in [0.2, 0.25) is 0 Å². The lowest BCUT2D eigenvalue weighted by atomic mass is 10.0. The lowest BCUT2D eigenvalue weighted by Gasteiger charge is -2.11. The van der Waals surface area contributed by atoms with Crippen LogP contribution in [0.15, 0.2) is 133 Å². The van der Waals surface area contributed by atoms with Gasteiger partial charge in [-0.1, -0.05) is 84.9 Å². The predicted molar refractivity (Wildman–Crippen MR) is 172 cm³/mol. The molecule has 2 heteroatoms. The number of nitrogens with one attached hydrogen (secondary N) is 2. The van der Waals surface area contributed by atoms with Crippen molar-refractivity contribution < 1.29 is 0 Å². The summed E-state index contributed by atoms with van der Waals surface area (Å²) >= 11 is 0. The molecule has 0 bridgehead atoms. The highest BCUT2D eigenvalue weighted by Crippen LogP contribution is 2.39. The third kappa shape index (κ3) is 4.58. The summed E-state index contributed by atoms with van der Waals surface area (Å²) in [6.07, 6.45) is 2.97. The van der Waals surface area contributed by atoms with Gasteiger partial charge in [-0.25, -0.2) is 0 Å². The minimum absolute atomic E-state index is 0.909. The number of hydrogen-bond donors (Lipinski definition) is 2. The van der Waals surface area contributed by atoms with Gasteiger partial charge >= 0.3 is 0 Å². The Morgan fingerprint density at radius 1 is 0.366 bits per heavy atom. The van der Waals surface area contributed by atoms with Gasteiger partial charge in [-0.3, -0.25) is 0 Å². The highest BCUT2D eigenvalue weighted by molar-refractivity contribution is 5.81. The largest absolute Gasteiger partial charge is 0.356 e. The van der Waals surface area contributed by atoms with Gasteiger partial charge in [0.2, 0.25) is 0 Å². The van der Waals surface area contributed by atoms with Gasteiger partial charge in [0.05, 0.1) is 0 Å². The highest BCUT2D eigenvalue weighted by atomic mass is 14.9. The molecule has 6 aromatic rings. The lowest BCUT2D eigenvalue weighted by molar-refractivity contribution is 1.19. The van der Waals surface area contributed by atoms with E-state index in [2.05, 4.69) is 144 Å². The van der Waals surface area contributed by atoms with Crippen LogP contribution < -0.4 is 10.6 Å². The zero-order chi connectivity index (χ0) is 27.2. The van der Waals surface area contributed by atoms with Crippen molar-refractivity contribution in [2.24, 2.45) is 0 Å². The topological polar surface area (TPSA) is 24.1 Å². The van der Waals surface area contributed by atoms with E-state index in [1.54, 1.807) is 0 Å². The maximum atomic E-state index is 3.60. The Kier molecular flexibility index (Phi) is 5.70. The maximum Gasteiger partial charge on any atom is 0.0390 e. The van der Waals surface area contributed by atoms with Gasteiger partial charge in [0, 0.05) is 22.7 Å². The minimum atomic E-state index is 0.909. The van der Waals surface area contributed by atoms with E-state index in [1.165, 1.54) is 55.6 Å². The van der Waals surface area contributed by atoms with Crippen molar-refractivity contribution in [2.75, 3.05) is 10.6 Å². The van der Waals surface area contributed by atoms with Crippen molar-refractivity contribution in [2.45, 2.75) is 19.3 Å². The van der Waals surface area contributed by atoms with Crippen molar-refractivity contribution in [1.29, 1.82) is 0 Å². The number of anilines is 4. The molecule has 41 heavy (non-hydrogen) atoms. The monoisotopic (exact) mass is 526 g/mol. The van der Waals surface area contributed by atoms with Crippen LogP contribution in [0.5, 0.6) is 0 Å². The zero-order valence-corrected chi connectivity index (χ0v) is 22.8. The second-order valence-corrected chi connectivity index (χ2v) is 11.2. The van der Waals surface area contributed by atoms with Crippen LogP contribution in [-0.4, -0.2) is 0 Å². The Morgan fingerprint density at radius 3 is 1.22 bits per heavy atom. The first kappa shape index (κ1) is 23.8. The molecule has 0 amide bonds. The fourth-order valence-electron chi connectivity index (χ4n) is 6.38. The standard InChI is InChI=1S/C39H30N2/c1-3-7-36-28(5-1)22-30-13-19-34(24-38(30)36)40-32-15-9-26(10-16-32)21-27-11-17-33(18-12-27)41-35-20-14-31-23-29-6-2-4-8-37(29)39(31)25-35/h1-20,24-25,40-41H,21-23H2. The summed E-state index contributed by atoms with van der Waals surface area (Å²) in [5, 5.41) is 7.20. The average molecular weight is 527 g/mol. The van der Waals surface area contributed by atoms with Gasteiger partial charge in [-0.2, -0.15) is 0 Å². The van der Waals surface area contributed by atoms with Crippen LogP contribution >= 0.6 is 0 Å². The molecule has 0 spiro atoms. The van der Waals surface area contributed by atoms with E-state index in [0.29, 0.717) is 0 Å². The zero-order valence-electron chi connectivity index (χ0n) is 22.8. The van der Waals surface area contributed by atoms with Gasteiger partial charge < -0.3 is 10.6 Å². The Hall–Kier alpha value is -5.08. The summed E-state index contributed by atoms with van der Waals surface area (Å²) in [6.45, 7) is 0. The normalized spacial score (nSPS) is 12.3. The maximum absolute atomic E-state index is 3.60. The van der Waals surface area contributed by atoms with Crippen LogP contribution in [0.1, 0.15) is 33.4 Å². The Balaban J connectivity index is 0.919. The fraction of sp³-hybridized carbons (Fsp3) is 0.0769. The number of benzene rings is 6. The predicted octanol–water partition coefficient (Wildman–Crippen LogP) is 9.91. The summed E-state index contributed by atoms with van der Waals surface area (Å²) < 4.78 is 0. The molecule has 0 fully saturated rings. The van der Waals surface area contributed by atoms with E-state index in [0.717, 1.165) is 42.0 Å². The lowest BCUT2D eigenvalue weighted by Crippen LogP contribution is -1.94.